The van der Waals surface area contributed by atoms with E-state index in [-0.39, 0.29) is 5.91 Å². The Balaban J connectivity index is 2.47. The number of carbonyl (C=O) groups excluding carboxylic acids is 2. The number of hydrogen-bond donors (Lipinski definition) is 1. The summed E-state index contributed by atoms with van der Waals surface area (Å²) in [5, 5.41) is 13.6. The van der Waals surface area contributed by atoms with Crippen molar-refractivity contribution in [1.82, 2.24) is 5.32 Å². The second-order valence-electron chi connectivity index (χ2n) is 4.10. The Morgan fingerprint density at radius 2 is 1.94 bits per heavy atom. The first kappa shape index (κ1) is 13.0. The standard InChI is InChI=1S/C11H19NO4/c1-16-7-6-12-10(13)8-4-2-3-5-9(8)11(14)15/h8-9H,2-7H2,1H3,(H,12,13)(H,14,15)/p-1/t8-,9+/m1/s1. The summed E-state index contributed by atoms with van der Waals surface area (Å²) >= 11 is 0. The predicted octanol–water partition coefficient (Wildman–Crippen LogP) is -0.695. The Hall–Kier alpha value is -1.10. The van der Waals surface area contributed by atoms with Crippen molar-refractivity contribution >= 4 is 11.9 Å². The van der Waals surface area contributed by atoms with E-state index < -0.39 is 17.8 Å². The van der Waals surface area contributed by atoms with E-state index in [2.05, 4.69) is 5.32 Å². The topological polar surface area (TPSA) is 78.5 Å². The average Bonchev–Trinajstić information content (AvgIpc) is 2.29. The van der Waals surface area contributed by atoms with Gasteiger partial charge in [-0.25, -0.2) is 0 Å². The maximum atomic E-state index is 11.7. The van der Waals surface area contributed by atoms with Crippen LogP contribution in [0.15, 0.2) is 0 Å². The fourth-order valence-corrected chi connectivity index (χ4v) is 2.13. The first-order valence-electron chi connectivity index (χ1n) is 5.64. The van der Waals surface area contributed by atoms with Crippen molar-refractivity contribution in [3.8, 4) is 0 Å². The van der Waals surface area contributed by atoms with Crippen LogP contribution in [0.25, 0.3) is 0 Å². The molecule has 0 aliphatic heterocycles. The molecule has 0 saturated heterocycles. The summed E-state index contributed by atoms with van der Waals surface area (Å²) in [4.78, 5) is 22.6. The van der Waals surface area contributed by atoms with Crippen LogP contribution in [0.1, 0.15) is 25.7 Å². The van der Waals surface area contributed by atoms with Gasteiger partial charge in [-0.1, -0.05) is 12.8 Å². The highest BCUT2D eigenvalue weighted by atomic mass is 16.5. The molecule has 0 unspecified atom stereocenters. The molecule has 2 atom stereocenters. The van der Waals surface area contributed by atoms with E-state index in [0.717, 1.165) is 12.8 Å². The SMILES string of the molecule is COCCNC(=O)[C@@H]1CCCC[C@@H]1C(=O)[O-]. The zero-order valence-electron chi connectivity index (χ0n) is 9.53. The molecule has 1 saturated carbocycles. The van der Waals surface area contributed by atoms with Crippen LogP contribution < -0.4 is 10.4 Å². The van der Waals surface area contributed by atoms with Crippen LogP contribution in [-0.2, 0) is 14.3 Å². The number of aliphatic carboxylic acids is 1. The van der Waals surface area contributed by atoms with E-state index in [1.807, 2.05) is 0 Å². The van der Waals surface area contributed by atoms with Crippen LogP contribution in [0.2, 0.25) is 0 Å². The molecule has 0 heterocycles. The molecule has 1 aliphatic carbocycles. The first-order valence-corrected chi connectivity index (χ1v) is 5.64. The van der Waals surface area contributed by atoms with Crippen molar-refractivity contribution in [2.75, 3.05) is 20.3 Å². The van der Waals surface area contributed by atoms with E-state index >= 15 is 0 Å². The Labute approximate surface area is 95.2 Å². The summed E-state index contributed by atoms with van der Waals surface area (Å²) in [6.07, 6.45) is 2.95. The Bertz CT molecular complexity index is 254. The van der Waals surface area contributed by atoms with Gasteiger partial charge in [-0.2, -0.15) is 0 Å². The molecular weight excluding hydrogens is 210 g/mol. The number of methoxy groups -OCH3 is 1. The van der Waals surface area contributed by atoms with E-state index in [1.54, 1.807) is 7.11 Å². The fourth-order valence-electron chi connectivity index (χ4n) is 2.13. The highest BCUT2D eigenvalue weighted by Crippen LogP contribution is 2.29. The smallest absolute Gasteiger partial charge is 0.223 e. The summed E-state index contributed by atoms with van der Waals surface area (Å²) in [5.74, 6) is -2.36. The number of rotatable bonds is 5. The van der Waals surface area contributed by atoms with Gasteiger partial charge in [0.15, 0.2) is 0 Å². The predicted molar refractivity (Wildman–Crippen MR) is 55.3 cm³/mol. The quantitative estimate of drug-likeness (QED) is 0.631. The second-order valence-corrected chi connectivity index (χ2v) is 4.10. The fraction of sp³-hybridized carbons (Fsp3) is 0.818. The van der Waals surface area contributed by atoms with Crippen molar-refractivity contribution in [3.63, 3.8) is 0 Å². The van der Waals surface area contributed by atoms with Crippen LogP contribution >= 0.6 is 0 Å². The van der Waals surface area contributed by atoms with Crippen molar-refractivity contribution in [3.05, 3.63) is 0 Å². The lowest BCUT2D eigenvalue weighted by molar-refractivity contribution is -0.314. The van der Waals surface area contributed by atoms with Gasteiger partial charge in [0.25, 0.3) is 0 Å². The van der Waals surface area contributed by atoms with Gasteiger partial charge in [-0.05, 0) is 12.8 Å². The molecule has 5 nitrogen and oxygen atoms in total. The van der Waals surface area contributed by atoms with E-state index in [1.165, 1.54) is 0 Å². The Kier molecular flexibility index (Phi) is 5.25. The van der Waals surface area contributed by atoms with Crippen LogP contribution in [-0.4, -0.2) is 32.1 Å². The van der Waals surface area contributed by atoms with Gasteiger partial charge in [-0.3, -0.25) is 4.79 Å². The van der Waals surface area contributed by atoms with Crippen molar-refractivity contribution in [2.45, 2.75) is 25.7 Å². The second kappa shape index (κ2) is 6.48. The molecule has 5 heteroatoms. The molecule has 0 aromatic carbocycles. The molecule has 0 bridgehead atoms. The summed E-state index contributed by atoms with van der Waals surface area (Å²) in [7, 11) is 1.55. The van der Waals surface area contributed by atoms with Crippen molar-refractivity contribution in [2.24, 2.45) is 11.8 Å². The van der Waals surface area contributed by atoms with Gasteiger partial charge >= 0.3 is 0 Å². The van der Waals surface area contributed by atoms with Gasteiger partial charge in [0.2, 0.25) is 5.91 Å². The zero-order chi connectivity index (χ0) is 12.0. The zero-order valence-corrected chi connectivity index (χ0v) is 9.53. The lowest BCUT2D eigenvalue weighted by Crippen LogP contribution is -2.45. The minimum absolute atomic E-state index is 0.189. The highest BCUT2D eigenvalue weighted by molar-refractivity contribution is 5.84. The number of nitrogens with one attached hydrogen (secondary N) is 1. The molecule has 0 radical (unpaired) electrons. The van der Waals surface area contributed by atoms with Gasteiger partial charge in [-0.15, -0.1) is 0 Å². The first-order chi connectivity index (χ1) is 7.66. The molecule has 1 rings (SSSR count). The van der Waals surface area contributed by atoms with Crippen LogP contribution in [0.3, 0.4) is 0 Å². The highest BCUT2D eigenvalue weighted by Gasteiger charge is 2.31. The maximum absolute atomic E-state index is 11.7. The molecule has 1 fully saturated rings. The van der Waals surface area contributed by atoms with E-state index in [9.17, 15) is 14.7 Å². The summed E-state index contributed by atoms with van der Waals surface area (Å²) < 4.78 is 4.81. The van der Waals surface area contributed by atoms with Crippen molar-refractivity contribution < 1.29 is 19.4 Å². The maximum Gasteiger partial charge on any atom is 0.223 e. The normalized spacial score (nSPS) is 25.1. The third kappa shape index (κ3) is 3.48. The van der Waals surface area contributed by atoms with E-state index in [4.69, 9.17) is 4.74 Å². The number of amides is 1. The Morgan fingerprint density at radius 3 is 2.50 bits per heavy atom. The Morgan fingerprint density at radius 1 is 1.31 bits per heavy atom. The van der Waals surface area contributed by atoms with Gasteiger partial charge in [0.05, 0.1) is 6.61 Å². The van der Waals surface area contributed by atoms with Gasteiger partial charge in [0.1, 0.15) is 0 Å². The summed E-state index contributed by atoms with van der Waals surface area (Å²) in [6, 6.07) is 0. The van der Waals surface area contributed by atoms with Crippen LogP contribution in [0.4, 0.5) is 0 Å². The number of carbonyl (C=O) groups is 2. The monoisotopic (exact) mass is 228 g/mol. The third-order valence-electron chi connectivity index (χ3n) is 3.01. The lowest BCUT2D eigenvalue weighted by atomic mass is 9.79. The molecule has 16 heavy (non-hydrogen) atoms. The number of carboxylic acid groups (broad SMARTS) is 1. The third-order valence-corrected chi connectivity index (χ3v) is 3.01. The molecule has 1 aliphatic rings. The summed E-state index contributed by atoms with van der Waals surface area (Å²) in [6.45, 7) is 0.861. The number of carboxylic acids is 1. The molecule has 1 amide bonds. The van der Waals surface area contributed by atoms with Gasteiger partial charge < -0.3 is 20.0 Å². The van der Waals surface area contributed by atoms with Crippen LogP contribution in [0.5, 0.6) is 0 Å². The van der Waals surface area contributed by atoms with Crippen LogP contribution in [0, 0.1) is 11.8 Å². The molecule has 0 spiro atoms. The number of hydrogen-bond acceptors (Lipinski definition) is 4. The minimum atomic E-state index is -1.11. The average molecular weight is 228 g/mol. The molecule has 92 valence electrons. The summed E-state index contributed by atoms with van der Waals surface area (Å²) in [5.41, 5.74) is 0. The molecule has 0 aromatic heterocycles. The lowest BCUT2D eigenvalue weighted by Gasteiger charge is -2.31. The van der Waals surface area contributed by atoms with Gasteiger partial charge in [0, 0.05) is 31.5 Å². The van der Waals surface area contributed by atoms with E-state index in [0.29, 0.717) is 26.0 Å². The molecular formula is C11H18NO4-. The largest absolute Gasteiger partial charge is 0.550 e. The van der Waals surface area contributed by atoms with Crippen molar-refractivity contribution in [1.29, 1.82) is 0 Å². The number of ether oxygens (including phenoxy) is 1. The molecule has 1 N–H and O–H groups in total. The molecule has 0 aromatic rings. The minimum Gasteiger partial charge on any atom is -0.550 e.